The first-order chi connectivity index (χ1) is 4.76. The van der Waals surface area contributed by atoms with E-state index in [-0.39, 0.29) is 0 Å². The molecule has 0 N–H and O–H groups in total. The minimum Gasteiger partial charge on any atom is -0.251 e. The van der Waals surface area contributed by atoms with Gasteiger partial charge in [-0.2, -0.15) is 0 Å². The van der Waals surface area contributed by atoms with Crippen LogP contribution in [0.4, 0.5) is 17.6 Å². The molecule has 1 atom stereocenters. The molecule has 0 nitrogen and oxygen atoms in total. The summed E-state index contributed by atoms with van der Waals surface area (Å²) in [6, 6.07) is 0. The molecule has 0 heterocycles. The molecule has 0 aliphatic rings. The van der Waals surface area contributed by atoms with E-state index in [1.54, 1.807) is 0 Å². The highest BCUT2D eigenvalue weighted by Crippen LogP contribution is 2.13. The predicted molar refractivity (Wildman–Crippen MR) is 30.9 cm³/mol. The first kappa shape index (κ1) is 9.72. The highest BCUT2D eigenvalue weighted by molar-refractivity contribution is 4.67. The Balaban J connectivity index is 3.53. The van der Waals surface area contributed by atoms with Crippen LogP contribution in [0.15, 0.2) is 0 Å². The average molecular weight is 158 g/mol. The standard InChI is InChI=1S/C6H10F4/c7-2-1-6(10)5(3-8)4-9/h5-6H,1-4H2. The maximum absolute atomic E-state index is 12.3. The summed E-state index contributed by atoms with van der Waals surface area (Å²) in [6.45, 7) is -2.98. The minimum atomic E-state index is -1.68. The quantitative estimate of drug-likeness (QED) is 0.538. The summed E-state index contributed by atoms with van der Waals surface area (Å²) >= 11 is 0. The largest absolute Gasteiger partial charge is 0.251 e. The van der Waals surface area contributed by atoms with Crippen LogP contribution in [-0.2, 0) is 0 Å². The van der Waals surface area contributed by atoms with Gasteiger partial charge in [-0.05, 0) is 0 Å². The number of hydrogen-bond acceptors (Lipinski definition) is 0. The second-order valence-corrected chi connectivity index (χ2v) is 2.06. The van der Waals surface area contributed by atoms with Gasteiger partial charge in [0.2, 0.25) is 0 Å². The van der Waals surface area contributed by atoms with E-state index in [1.165, 1.54) is 0 Å². The Bertz CT molecular complexity index is 72.1. The Morgan fingerprint density at radius 1 is 1.00 bits per heavy atom. The van der Waals surface area contributed by atoms with E-state index in [4.69, 9.17) is 0 Å². The highest BCUT2D eigenvalue weighted by atomic mass is 19.2. The molecule has 0 amide bonds. The fourth-order valence-electron chi connectivity index (χ4n) is 0.575. The third kappa shape index (κ3) is 3.03. The van der Waals surface area contributed by atoms with Gasteiger partial charge in [0.1, 0.15) is 6.17 Å². The van der Waals surface area contributed by atoms with Crippen LogP contribution < -0.4 is 0 Å². The molecule has 4 heteroatoms. The van der Waals surface area contributed by atoms with Crippen LogP contribution >= 0.6 is 0 Å². The molecule has 0 saturated heterocycles. The van der Waals surface area contributed by atoms with E-state index in [0.29, 0.717) is 0 Å². The van der Waals surface area contributed by atoms with Crippen molar-refractivity contribution < 1.29 is 17.6 Å². The van der Waals surface area contributed by atoms with E-state index in [1.807, 2.05) is 0 Å². The summed E-state index contributed by atoms with van der Waals surface area (Å²) in [7, 11) is 0. The lowest BCUT2D eigenvalue weighted by Crippen LogP contribution is -2.20. The van der Waals surface area contributed by atoms with Crippen molar-refractivity contribution in [1.29, 1.82) is 0 Å². The van der Waals surface area contributed by atoms with E-state index in [0.717, 1.165) is 0 Å². The molecule has 0 saturated carbocycles. The smallest absolute Gasteiger partial charge is 0.110 e. The lowest BCUT2D eigenvalue weighted by Gasteiger charge is -2.11. The van der Waals surface area contributed by atoms with Gasteiger partial charge in [0.05, 0.1) is 20.0 Å². The van der Waals surface area contributed by atoms with Crippen molar-refractivity contribution in [3.8, 4) is 0 Å². The molecule has 0 aromatic heterocycles. The van der Waals surface area contributed by atoms with Gasteiger partial charge in [0.25, 0.3) is 0 Å². The molecule has 0 bridgehead atoms. The van der Waals surface area contributed by atoms with Crippen molar-refractivity contribution in [2.75, 3.05) is 20.0 Å². The summed E-state index contributed by atoms with van der Waals surface area (Å²) in [4.78, 5) is 0. The van der Waals surface area contributed by atoms with Crippen LogP contribution in [0, 0.1) is 5.92 Å². The molecule has 0 rings (SSSR count). The zero-order chi connectivity index (χ0) is 7.98. The average Bonchev–Trinajstić information content (AvgIpc) is 1.91. The van der Waals surface area contributed by atoms with E-state index < -0.39 is 38.5 Å². The first-order valence-electron chi connectivity index (χ1n) is 3.08. The Labute approximate surface area is 57.2 Å². The van der Waals surface area contributed by atoms with Crippen LogP contribution in [0.1, 0.15) is 6.42 Å². The molecule has 0 radical (unpaired) electrons. The normalized spacial score (nSPS) is 14.1. The lowest BCUT2D eigenvalue weighted by molar-refractivity contribution is 0.143. The Hall–Kier alpha value is -0.280. The summed E-state index contributed by atoms with van der Waals surface area (Å²) in [5.41, 5.74) is 0. The van der Waals surface area contributed by atoms with Gasteiger partial charge in [-0.15, -0.1) is 0 Å². The monoisotopic (exact) mass is 158 g/mol. The van der Waals surface area contributed by atoms with Crippen LogP contribution in [-0.4, -0.2) is 26.2 Å². The molecule has 0 aromatic rings. The summed E-state index contributed by atoms with van der Waals surface area (Å²) in [6.07, 6.45) is -2.08. The van der Waals surface area contributed by atoms with Gasteiger partial charge < -0.3 is 0 Å². The van der Waals surface area contributed by atoms with Crippen LogP contribution in [0.2, 0.25) is 0 Å². The molecular formula is C6H10F4. The lowest BCUT2D eigenvalue weighted by atomic mass is 10.1. The SMILES string of the molecule is FCCC(F)C(CF)CF. The fraction of sp³-hybridized carbons (Fsp3) is 1.00. The summed E-state index contributed by atoms with van der Waals surface area (Å²) in [5, 5.41) is 0. The zero-order valence-corrected chi connectivity index (χ0v) is 5.49. The van der Waals surface area contributed by atoms with Crippen LogP contribution in [0.5, 0.6) is 0 Å². The van der Waals surface area contributed by atoms with Gasteiger partial charge in [-0.25, -0.2) is 4.39 Å². The molecule has 0 aliphatic carbocycles. The van der Waals surface area contributed by atoms with E-state index >= 15 is 0 Å². The zero-order valence-electron chi connectivity index (χ0n) is 5.49. The van der Waals surface area contributed by atoms with Crippen LogP contribution in [0.25, 0.3) is 0 Å². The van der Waals surface area contributed by atoms with Crippen molar-refractivity contribution in [1.82, 2.24) is 0 Å². The van der Waals surface area contributed by atoms with Crippen molar-refractivity contribution in [3.63, 3.8) is 0 Å². The molecule has 0 aromatic carbocycles. The van der Waals surface area contributed by atoms with Gasteiger partial charge in [-0.3, -0.25) is 13.2 Å². The van der Waals surface area contributed by atoms with Crippen molar-refractivity contribution in [2.45, 2.75) is 12.6 Å². The molecule has 10 heavy (non-hydrogen) atoms. The van der Waals surface area contributed by atoms with Gasteiger partial charge >= 0.3 is 0 Å². The topological polar surface area (TPSA) is 0 Å². The number of alkyl halides is 4. The Kier molecular flexibility index (Phi) is 5.35. The van der Waals surface area contributed by atoms with Crippen LogP contribution in [0.3, 0.4) is 0 Å². The maximum atomic E-state index is 12.3. The molecule has 0 fully saturated rings. The fourth-order valence-corrected chi connectivity index (χ4v) is 0.575. The Morgan fingerprint density at radius 3 is 1.80 bits per heavy atom. The number of rotatable bonds is 5. The second-order valence-electron chi connectivity index (χ2n) is 2.06. The van der Waals surface area contributed by atoms with Gasteiger partial charge in [0, 0.05) is 12.3 Å². The minimum absolute atomic E-state index is 0.404. The van der Waals surface area contributed by atoms with Gasteiger partial charge in [-0.1, -0.05) is 0 Å². The summed E-state index contributed by atoms with van der Waals surface area (Å²) < 4.78 is 47.0. The third-order valence-corrected chi connectivity index (χ3v) is 1.29. The van der Waals surface area contributed by atoms with Crippen molar-refractivity contribution in [2.24, 2.45) is 5.92 Å². The first-order valence-corrected chi connectivity index (χ1v) is 3.08. The van der Waals surface area contributed by atoms with Gasteiger partial charge in [0.15, 0.2) is 0 Å². The molecule has 0 spiro atoms. The molecule has 1 unspecified atom stereocenters. The number of halogens is 4. The highest BCUT2D eigenvalue weighted by Gasteiger charge is 2.20. The van der Waals surface area contributed by atoms with E-state index in [2.05, 4.69) is 0 Å². The third-order valence-electron chi connectivity index (χ3n) is 1.29. The second kappa shape index (κ2) is 5.50. The molecular weight excluding hydrogens is 148 g/mol. The van der Waals surface area contributed by atoms with Crippen molar-refractivity contribution in [3.05, 3.63) is 0 Å². The number of hydrogen-bond donors (Lipinski definition) is 0. The molecule has 0 aliphatic heterocycles. The van der Waals surface area contributed by atoms with Crippen molar-refractivity contribution >= 4 is 0 Å². The Morgan fingerprint density at radius 2 is 1.50 bits per heavy atom. The predicted octanol–water partition coefficient (Wildman–Crippen LogP) is 2.24. The summed E-state index contributed by atoms with van der Waals surface area (Å²) in [5.74, 6) is -1.27. The maximum Gasteiger partial charge on any atom is 0.110 e. The van der Waals surface area contributed by atoms with E-state index in [9.17, 15) is 17.6 Å². The molecule has 62 valence electrons.